The van der Waals surface area contributed by atoms with Gasteiger partial charge in [-0.3, -0.25) is 4.90 Å². The zero-order valence-electron chi connectivity index (χ0n) is 18.8. The molecule has 4 aromatic carbocycles. The molecule has 0 spiro atoms. The summed E-state index contributed by atoms with van der Waals surface area (Å²) in [4.78, 5) is 2.29. The molecule has 2 heterocycles. The molecule has 0 saturated carbocycles. The first-order chi connectivity index (χ1) is 16.7. The number of ether oxygens (including phenoxy) is 1. The summed E-state index contributed by atoms with van der Waals surface area (Å²) in [5.41, 5.74) is 6.31. The lowest BCUT2D eigenvalue weighted by Gasteiger charge is -2.24. The van der Waals surface area contributed by atoms with Crippen molar-refractivity contribution >= 4 is 11.0 Å². The predicted octanol–water partition coefficient (Wildman–Crippen LogP) is 7.61. The van der Waals surface area contributed by atoms with Gasteiger partial charge in [-0.05, 0) is 77.8 Å². The molecule has 4 heteroatoms. The Morgan fingerprint density at radius 3 is 2.29 bits per heavy atom. The Kier molecular flexibility index (Phi) is 5.25. The van der Waals surface area contributed by atoms with E-state index < -0.39 is 0 Å². The Hall–Kier alpha value is -3.73. The summed E-state index contributed by atoms with van der Waals surface area (Å²) < 4.78 is 25.5. The molecule has 3 nitrogen and oxygen atoms in total. The summed E-state index contributed by atoms with van der Waals surface area (Å²) in [5, 5.41) is 1.01. The van der Waals surface area contributed by atoms with E-state index in [-0.39, 0.29) is 18.1 Å². The second-order valence-corrected chi connectivity index (χ2v) is 8.77. The van der Waals surface area contributed by atoms with Crippen molar-refractivity contribution in [3.05, 3.63) is 120 Å². The van der Waals surface area contributed by atoms with Crippen LogP contribution in [0.25, 0.3) is 33.4 Å². The van der Waals surface area contributed by atoms with E-state index >= 15 is 0 Å². The number of furan rings is 1. The number of fused-ring (bicyclic) bond motifs is 1. The Morgan fingerprint density at radius 2 is 1.47 bits per heavy atom. The predicted molar refractivity (Wildman–Crippen MR) is 133 cm³/mol. The third kappa shape index (κ3) is 3.81. The van der Waals surface area contributed by atoms with Gasteiger partial charge < -0.3 is 9.15 Å². The van der Waals surface area contributed by atoms with Gasteiger partial charge >= 0.3 is 0 Å². The molecule has 2 atom stereocenters. The summed E-state index contributed by atoms with van der Waals surface area (Å²) in [6.07, 6.45) is -0.0899. The summed E-state index contributed by atoms with van der Waals surface area (Å²) in [6, 6.07) is 33.9. The van der Waals surface area contributed by atoms with Crippen molar-refractivity contribution in [2.45, 2.75) is 12.3 Å². The molecule has 0 radical (unpaired) electrons. The van der Waals surface area contributed by atoms with Gasteiger partial charge in [0.25, 0.3) is 0 Å². The second kappa shape index (κ2) is 8.56. The number of nitrogens with zero attached hydrogens (tertiary/aromatic N) is 1. The van der Waals surface area contributed by atoms with E-state index in [1.165, 1.54) is 17.7 Å². The highest BCUT2D eigenvalue weighted by atomic mass is 19.1. The highest BCUT2D eigenvalue weighted by molar-refractivity contribution is 5.87. The molecule has 1 aliphatic heterocycles. The third-order valence-corrected chi connectivity index (χ3v) is 6.61. The van der Waals surface area contributed by atoms with Crippen molar-refractivity contribution in [1.29, 1.82) is 0 Å². The van der Waals surface area contributed by atoms with Crippen LogP contribution in [0.2, 0.25) is 0 Å². The SMILES string of the molecule is CN1C(c2ccccc2)CO[C@@H]1c1cccc(-c2ccc3oc(-c4ccc(F)cc4)cc3c2)c1. The van der Waals surface area contributed by atoms with E-state index in [0.29, 0.717) is 6.61 Å². The molecule has 0 aliphatic carbocycles. The number of hydrogen-bond donors (Lipinski definition) is 0. The van der Waals surface area contributed by atoms with Gasteiger partial charge in [0.1, 0.15) is 23.4 Å². The van der Waals surface area contributed by atoms with Gasteiger partial charge in [0, 0.05) is 10.9 Å². The first kappa shape index (κ1) is 20.8. The van der Waals surface area contributed by atoms with Crippen LogP contribution in [-0.4, -0.2) is 18.6 Å². The standard InChI is InChI=1S/C30H24FNO2/c1-32-27(20-6-3-2-4-7-20)19-33-30(32)24-9-5-8-22(16-24)23-12-15-28-25(17-23)18-29(34-28)21-10-13-26(31)14-11-21/h2-18,27,30H,19H2,1H3/t27?,30-/m1/s1. The lowest BCUT2D eigenvalue weighted by molar-refractivity contribution is 0.0433. The van der Waals surface area contributed by atoms with E-state index in [0.717, 1.165) is 39.0 Å². The van der Waals surface area contributed by atoms with Gasteiger partial charge in [-0.25, -0.2) is 4.39 Å². The first-order valence-electron chi connectivity index (χ1n) is 11.4. The van der Waals surface area contributed by atoms with Gasteiger partial charge in [-0.15, -0.1) is 0 Å². The van der Waals surface area contributed by atoms with E-state index in [2.05, 4.69) is 72.6 Å². The summed E-state index contributed by atoms with van der Waals surface area (Å²) >= 11 is 0. The van der Waals surface area contributed by atoms with Crippen LogP contribution in [-0.2, 0) is 4.74 Å². The zero-order valence-corrected chi connectivity index (χ0v) is 18.8. The minimum Gasteiger partial charge on any atom is -0.456 e. The molecule has 34 heavy (non-hydrogen) atoms. The van der Waals surface area contributed by atoms with Crippen LogP contribution in [0.3, 0.4) is 0 Å². The van der Waals surface area contributed by atoms with Crippen LogP contribution in [0.4, 0.5) is 4.39 Å². The molecule has 0 bridgehead atoms. The Morgan fingerprint density at radius 1 is 0.735 bits per heavy atom. The van der Waals surface area contributed by atoms with Crippen molar-refractivity contribution < 1.29 is 13.5 Å². The lowest BCUT2D eigenvalue weighted by atomic mass is 10.0. The average Bonchev–Trinajstić information content (AvgIpc) is 3.48. The Bertz CT molecular complexity index is 1440. The zero-order chi connectivity index (χ0) is 23.1. The van der Waals surface area contributed by atoms with Gasteiger partial charge in [-0.2, -0.15) is 0 Å². The molecule has 168 valence electrons. The fraction of sp³-hybridized carbons (Fsp3) is 0.133. The van der Waals surface area contributed by atoms with Crippen molar-refractivity contribution in [2.75, 3.05) is 13.7 Å². The fourth-order valence-electron chi connectivity index (χ4n) is 4.77. The van der Waals surface area contributed by atoms with Crippen molar-refractivity contribution in [3.8, 4) is 22.5 Å². The molecule has 1 aliphatic rings. The molecule has 6 rings (SSSR count). The summed E-state index contributed by atoms with van der Waals surface area (Å²) in [5.74, 6) is 0.475. The van der Waals surface area contributed by atoms with Crippen LogP contribution in [0.5, 0.6) is 0 Å². The van der Waals surface area contributed by atoms with Crippen LogP contribution in [0, 0.1) is 5.82 Å². The number of hydrogen-bond acceptors (Lipinski definition) is 3. The normalized spacial score (nSPS) is 18.5. The van der Waals surface area contributed by atoms with Gasteiger partial charge in [0.05, 0.1) is 12.6 Å². The summed E-state index contributed by atoms with van der Waals surface area (Å²) in [6.45, 7) is 0.669. The second-order valence-electron chi connectivity index (χ2n) is 8.77. The molecule has 0 amide bonds. The number of benzene rings is 4. The highest BCUT2D eigenvalue weighted by Gasteiger charge is 2.33. The Labute approximate surface area is 198 Å². The van der Waals surface area contributed by atoms with Crippen molar-refractivity contribution in [2.24, 2.45) is 0 Å². The average molecular weight is 450 g/mol. The number of rotatable bonds is 4. The molecular weight excluding hydrogens is 425 g/mol. The molecule has 1 saturated heterocycles. The molecule has 0 N–H and O–H groups in total. The molecular formula is C30H24FNO2. The Balaban J connectivity index is 1.29. The van der Waals surface area contributed by atoms with Crippen LogP contribution in [0.1, 0.15) is 23.4 Å². The van der Waals surface area contributed by atoms with Crippen LogP contribution >= 0.6 is 0 Å². The van der Waals surface area contributed by atoms with Crippen molar-refractivity contribution in [1.82, 2.24) is 4.90 Å². The van der Waals surface area contributed by atoms with Crippen LogP contribution in [0.15, 0.2) is 108 Å². The monoisotopic (exact) mass is 449 g/mol. The van der Waals surface area contributed by atoms with Crippen LogP contribution < -0.4 is 0 Å². The largest absolute Gasteiger partial charge is 0.456 e. The van der Waals surface area contributed by atoms with E-state index in [4.69, 9.17) is 9.15 Å². The minimum atomic E-state index is -0.256. The molecule has 1 unspecified atom stereocenters. The maximum absolute atomic E-state index is 13.3. The minimum absolute atomic E-state index is 0.0899. The van der Waals surface area contributed by atoms with E-state index in [1.54, 1.807) is 12.1 Å². The maximum Gasteiger partial charge on any atom is 0.137 e. The highest BCUT2D eigenvalue weighted by Crippen LogP contribution is 2.38. The molecule has 1 aromatic heterocycles. The van der Waals surface area contributed by atoms with Gasteiger partial charge in [-0.1, -0.05) is 54.6 Å². The smallest absolute Gasteiger partial charge is 0.137 e. The molecule has 1 fully saturated rings. The topological polar surface area (TPSA) is 25.6 Å². The number of likely N-dealkylation sites (N-methyl/N-ethyl adjacent to an activating group) is 1. The summed E-state index contributed by atoms with van der Waals surface area (Å²) in [7, 11) is 2.12. The number of halogens is 1. The quantitative estimate of drug-likeness (QED) is 0.282. The van der Waals surface area contributed by atoms with E-state index in [1.807, 2.05) is 18.2 Å². The van der Waals surface area contributed by atoms with Crippen molar-refractivity contribution in [3.63, 3.8) is 0 Å². The van der Waals surface area contributed by atoms with E-state index in [9.17, 15) is 4.39 Å². The molecule has 5 aromatic rings. The lowest BCUT2D eigenvalue weighted by Crippen LogP contribution is -2.22. The van der Waals surface area contributed by atoms with Gasteiger partial charge in [0.2, 0.25) is 0 Å². The fourth-order valence-corrected chi connectivity index (χ4v) is 4.77. The first-order valence-corrected chi connectivity index (χ1v) is 11.4. The van der Waals surface area contributed by atoms with Gasteiger partial charge in [0.15, 0.2) is 0 Å². The third-order valence-electron chi connectivity index (χ3n) is 6.61. The maximum atomic E-state index is 13.3.